The summed E-state index contributed by atoms with van der Waals surface area (Å²) in [5, 5.41) is 0.778. The predicted molar refractivity (Wildman–Crippen MR) is 71.1 cm³/mol. The second-order valence-corrected chi connectivity index (χ2v) is 4.84. The zero-order valence-electron chi connectivity index (χ0n) is 9.75. The average molecular weight is 239 g/mol. The molecule has 0 aliphatic carbocycles. The van der Waals surface area contributed by atoms with Crippen molar-refractivity contribution in [2.75, 3.05) is 17.2 Å². The lowest BCUT2D eigenvalue weighted by molar-refractivity contribution is 0.450. The van der Waals surface area contributed by atoms with E-state index in [0.717, 1.165) is 29.4 Å². The number of hydrogen-bond acceptors (Lipinski definition) is 2. The van der Waals surface area contributed by atoms with Crippen molar-refractivity contribution in [2.45, 2.75) is 38.6 Å². The predicted octanol–water partition coefficient (Wildman–Crippen LogP) is 3.69. The summed E-state index contributed by atoms with van der Waals surface area (Å²) in [6.07, 6.45) is 4.96. The number of nitrogens with zero attached hydrogens (tertiary/aromatic N) is 1. The van der Waals surface area contributed by atoms with Gasteiger partial charge in [0.25, 0.3) is 0 Å². The number of rotatable bonds is 2. The first-order chi connectivity index (χ1) is 7.74. The van der Waals surface area contributed by atoms with Gasteiger partial charge < -0.3 is 10.6 Å². The lowest BCUT2D eigenvalue weighted by atomic mass is 9.99. The molecule has 2 nitrogen and oxygen atoms in total. The molecule has 1 fully saturated rings. The van der Waals surface area contributed by atoms with Crippen LogP contribution in [0.2, 0.25) is 5.02 Å². The fourth-order valence-electron chi connectivity index (χ4n) is 2.55. The Kier molecular flexibility index (Phi) is 3.59. The first kappa shape index (κ1) is 11.6. The summed E-state index contributed by atoms with van der Waals surface area (Å²) in [5.74, 6) is 0. The minimum Gasteiger partial charge on any atom is -0.397 e. The molecule has 3 heteroatoms. The molecular weight excluding hydrogens is 220 g/mol. The molecule has 2 rings (SSSR count). The van der Waals surface area contributed by atoms with Crippen molar-refractivity contribution in [3.63, 3.8) is 0 Å². The Morgan fingerprint density at radius 2 is 2.25 bits per heavy atom. The van der Waals surface area contributed by atoms with Crippen molar-refractivity contribution in [1.82, 2.24) is 0 Å². The minimum absolute atomic E-state index is 0.593. The second kappa shape index (κ2) is 4.96. The Balaban J connectivity index is 2.34. The second-order valence-electron chi connectivity index (χ2n) is 4.43. The normalized spacial score (nSPS) is 21.1. The van der Waals surface area contributed by atoms with Crippen LogP contribution in [0.3, 0.4) is 0 Å². The number of benzene rings is 1. The summed E-state index contributed by atoms with van der Waals surface area (Å²) < 4.78 is 0. The Bertz CT molecular complexity index is 345. The molecule has 1 atom stereocenters. The first-order valence-corrected chi connectivity index (χ1v) is 6.42. The minimum atomic E-state index is 0.593. The average Bonchev–Trinajstić information content (AvgIpc) is 2.29. The summed E-state index contributed by atoms with van der Waals surface area (Å²) in [4.78, 5) is 2.39. The summed E-state index contributed by atoms with van der Waals surface area (Å²) >= 11 is 6.26. The van der Waals surface area contributed by atoms with E-state index < -0.39 is 0 Å². The number of nitrogen functional groups attached to an aromatic ring is 1. The van der Waals surface area contributed by atoms with Gasteiger partial charge in [0.1, 0.15) is 0 Å². The molecule has 16 heavy (non-hydrogen) atoms. The molecular formula is C13H19ClN2. The van der Waals surface area contributed by atoms with Gasteiger partial charge in [-0.15, -0.1) is 0 Å². The van der Waals surface area contributed by atoms with Gasteiger partial charge in [0.2, 0.25) is 0 Å². The van der Waals surface area contributed by atoms with Gasteiger partial charge >= 0.3 is 0 Å². The van der Waals surface area contributed by atoms with Crippen LogP contribution in [-0.4, -0.2) is 12.6 Å². The van der Waals surface area contributed by atoms with Crippen LogP contribution in [0.15, 0.2) is 18.2 Å². The Hall–Kier alpha value is -0.890. The number of hydrogen-bond donors (Lipinski definition) is 1. The van der Waals surface area contributed by atoms with Crippen LogP contribution < -0.4 is 10.6 Å². The number of nitrogens with two attached hydrogens (primary N) is 1. The molecule has 1 aromatic carbocycles. The van der Waals surface area contributed by atoms with Gasteiger partial charge in [-0.25, -0.2) is 0 Å². The van der Waals surface area contributed by atoms with E-state index >= 15 is 0 Å². The van der Waals surface area contributed by atoms with E-state index in [-0.39, 0.29) is 0 Å². The third-order valence-corrected chi connectivity index (χ3v) is 3.71. The highest BCUT2D eigenvalue weighted by Crippen LogP contribution is 2.36. The maximum atomic E-state index is 6.26. The van der Waals surface area contributed by atoms with E-state index in [1.54, 1.807) is 0 Å². The maximum Gasteiger partial charge on any atom is 0.0791 e. The third-order valence-electron chi connectivity index (χ3n) is 3.40. The SMILES string of the molecule is CC[C@@H]1CCCCN1c1c(N)cccc1Cl. The van der Waals surface area contributed by atoms with E-state index in [1.165, 1.54) is 19.3 Å². The zero-order valence-corrected chi connectivity index (χ0v) is 10.5. The number of piperidine rings is 1. The van der Waals surface area contributed by atoms with Gasteiger partial charge in [0.15, 0.2) is 0 Å². The molecule has 0 saturated carbocycles. The zero-order chi connectivity index (χ0) is 11.5. The standard InChI is InChI=1S/C13H19ClN2/c1-2-10-6-3-4-9-16(10)13-11(14)7-5-8-12(13)15/h5,7-8,10H,2-4,6,9,15H2,1H3/t10-/m1/s1. The fourth-order valence-corrected chi connectivity index (χ4v) is 2.84. The molecule has 0 aromatic heterocycles. The fraction of sp³-hybridized carbons (Fsp3) is 0.538. The smallest absolute Gasteiger partial charge is 0.0791 e. The quantitative estimate of drug-likeness (QED) is 0.797. The Morgan fingerprint density at radius 1 is 1.44 bits per heavy atom. The van der Waals surface area contributed by atoms with Gasteiger partial charge in [-0.2, -0.15) is 0 Å². The van der Waals surface area contributed by atoms with Crippen LogP contribution in [0, 0.1) is 0 Å². The maximum absolute atomic E-state index is 6.26. The van der Waals surface area contributed by atoms with Gasteiger partial charge in [0.05, 0.1) is 16.4 Å². The summed E-state index contributed by atoms with van der Waals surface area (Å²) in [6.45, 7) is 3.31. The molecule has 1 aliphatic rings. The molecule has 0 bridgehead atoms. The van der Waals surface area contributed by atoms with Crippen LogP contribution in [0.5, 0.6) is 0 Å². The summed E-state index contributed by atoms with van der Waals surface area (Å²) in [7, 11) is 0. The molecule has 1 aromatic rings. The summed E-state index contributed by atoms with van der Waals surface area (Å²) in [6, 6.07) is 6.36. The van der Waals surface area contributed by atoms with E-state index in [0.29, 0.717) is 6.04 Å². The molecule has 88 valence electrons. The van der Waals surface area contributed by atoms with Crippen molar-refractivity contribution in [3.05, 3.63) is 23.2 Å². The highest BCUT2D eigenvalue weighted by atomic mass is 35.5. The number of para-hydroxylation sites is 1. The molecule has 0 amide bonds. The van der Waals surface area contributed by atoms with Gasteiger partial charge in [0, 0.05) is 12.6 Å². The summed E-state index contributed by atoms with van der Waals surface area (Å²) in [5.41, 5.74) is 7.88. The van der Waals surface area contributed by atoms with Gasteiger partial charge in [-0.1, -0.05) is 24.6 Å². The Labute approximate surface area is 102 Å². The van der Waals surface area contributed by atoms with E-state index in [4.69, 9.17) is 17.3 Å². The molecule has 0 unspecified atom stereocenters. The highest BCUT2D eigenvalue weighted by Gasteiger charge is 2.24. The first-order valence-electron chi connectivity index (χ1n) is 6.04. The van der Waals surface area contributed by atoms with Crippen LogP contribution in [0.1, 0.15) is 32.6 Å². The lowest BCUT2D eigenvalue weighted by Crippen LogP contribution is -2.39. The van der Waals surface area contributed by atoms with E-state index in [2.05, 4.69) is 11.8 Å². The monoisotopic (exact) mass is 238 g/mol. The van der Waals surface area contributed by atoms with Gasteiger partial charge in [-0.3, -0.25) is 0 Å². The molecule has 1 heterocycles. The van der Waals surface area contributed by atoms with E-state index in [9.17, 15) is 0 Å². The number of halogens is 1. The molecule has 2 N–H and O–H groups in total. The lowest BCUT2D eigenvalue weighted by Gasteiger charge is -2.38. The van der Waals surface area contributed by atoms with Crippen molar-refractivity contribution in [3.8, 4) is 0 Å². The van der Waals surface area contributed by atoms with Crippen LogP contribution >= 0.6 is 11.6 Å². The highest BCUT2D eigenvalue weighted by molar-refractivity contribution is 6.34. The van der Waals surface area contributed by atoms with Crippen molar-refractivity contribution < 1.29 is 0 Å². The van der Waals surface area contributed by atoms with Gasteiger partial charge in [-0.05, 0) is 37.8 Å². The van der Waals surface area contributed by atoms with Crippen LogP contribution in [-0.2, 0) is 0 Å². The van der Waals surface area contributed by atoms with Crippen LogP contribution in [0.25, 0.3) is 0 Å². The molecule has 1 saturated heterocycles. The van der Waals surface area contributed by atoms with Crippen LogP contribution in [0.4, 0.5) is 11.4 Å². The number of anilines is 2. The molecule has 0 spiro atoms. The van der Waals surface area contributed by atoms with Crippen molar-refractivity contribution in [1.29, 1.82) is 0 Å². The topological polar surface area (TPSA) is 29.3 Å². The largest absolute Gasteiger partial charge is 0.397 e. The third kappa shape index (κ3) is 2.12. The van der Waals surface area contributed by atoms with E-state index in [1.807, 2.05) is 18.2 Å². The van der Waals surface area contributed by atoms with Crippen molar-refractivity contribution >= 4 is 23.0 Å². The molecule has 0 radical (unpaired) electrons. The van der Waals surface area contributed by atoms with Crippen molar-refractivity contribution in [2.24, 2.45) is 0 Å². The Morgan fingerprint density at radius 3 is 2.94 bits per heavy atom. The molecule has 1 aliphatic heterocycles.